The fourth-order valence-electron chi connectivity index (χ4n) is 5.11. The van der Waals surface area contributed by atoms with E-state index in [1.807, 2.05) is 0 Å². The number of rotatable bonds is 12. The molecule has 0 aliphatic carbocycles. The molecule has 10 atom stereocenters. The van der Waals surface area contributed by atoms with Gasteiger partial charge in [0.15, 0.2) is 12.5 Å². The van der Waals surface area contributed by atoms with Crippen LogP contribution in [0.25, 0.3) is 11.3 Å². The van der Waals surface area contributed by atoms with Crippen molar-refractivity contribution in [3.8, 4) is 0 Å². The van der Waals surface area contributed by atoms with Crippen LogP contribution in [0.1, 0.15) is 12.5 Å². The average Bonchev–Trinajstić information content (AvgIpc) is 3.80. The van der Waals surface area contributed by atoms with Gasteiger partial charge in [0.05, 0.1) is 13.2 Å². The Labute approximate surface area is 271 Å². The molecule has 2 unspecified atom stereocenters. The molecule has 24 nitrogen and oxygen atoms in total. The average molecular weight is 756 g/mol. The first-order chi connectivity index (χ1) is 23.0. The van der Waals surface area contributed by atoms with Crippen molar-refractivity contribution < 1.29 is 75.9 Å². The van der Waals surface area contributed by atoms with E-state index in [9.17, 15) is 58.4 Å². The highest BCUT2D eigenvalue weighted by atomic mass is 31.3. The third kappa shape index (κ3) is 7.27. The summed E-state index contributed by atoms with van der Waals surface area (Å²) >= 11 is 0. The van der Waals surface area contributed by atoms with Gasteiger partial charge in [0.2, 0.25) is 0 Å². The minimum atomic E-state index is -5.97. The quantitative estimate of drug-likeness (QED) is 0.0742. The predicted molar refractivity (Wildman–Crippen MR) is 154 cm³/mol. The Morgan fingerprint density at radius 2 is 1.02 bits per heavy atom. The molecule has 0 aromatic carbocycles. The monoisotopic (exact) mass is 756 g/mol. The summed E-state index contributed by atoms with van der Waals surface area (Å²) < 4.78 is 69.1. The largest absolute Gasteiger partial charge is 0.490 e. The molecule has 2 aliphatic heterocycles. The number of imidazole rings is 2. The van der Waals surface area contributed by atoms with E-state index >= 15 is 0 Å². The van der Waals surface area contributed by atoms with E-state index in [0.29, 0.717) is 0 Å². The maximum Gasteiger partial charge on any atom is 0.490 e. The highest BCUT2D eigenvalue weighted by molar-refractivity contribution is 7.66. The van der Waals surface area contributed by atoms with Gasteiger partial charge in [-0.2, -0.15) is 8.62 Å². The number of fused-ring (bicyclic) bond motifs is 2. The van der Waals surface area contributed by atoms with Gasteiger partial charge in [0.25, 0.3) is 0 Å². The van der Waals surface area contributed by atoms with Gasteiger partial charge in [-0.1, -0.05) is 0 Å². The van der Waals surface area contributed by atoms with Gasteiger partial charge in [-0.05, 0) is 12.1 Å². The second kappa shape index (κ2) is 13.3. The summed E-state index contributed by atoms with van der Waals surface area (Å²) in [6, 6.07) is 2.81. The predicted octanol–water partition coefficient (Wildman–Crippen LogP) is -2.39. The topological polar surface area (TPSA) is 327 Å². The van der Waals surface area contributed by atoms with Crippen LogP contribution >= 0.6 is 23.5 Å². The Bertz CT molecular complexity index is 1970. The van der Waals surface area contributed by atoms with Crippen LogP contribution in [0.5, 0.6) is 0 Å². The molecule has 4 aromatic rings. The Morgan fingerprint density at radius 1 is 0.633 bits per heavy atom. The van der Waals surface area contributed by atoms with Crippen LogP contribution in [-0.4, -0.2) is 113 Å². The van der Waals surface area contributed by atoms with Gasteiger partial charge in [-0.15, -0.1) is 0 Å². The van der Waals surface area contributed by atoms with E-state index in [-0.39, 0.29) is 11.3 Å². The second-order valence-corrected chi connectivity index (χ2v) is 15.2. The molecule has 0 radical (unpaired) electrons. The molecule has 2 saturated heterocycles. The molecule has 268 valence electrons. The van der Waals surface area contributed by atoms with Crippen molar-refractivity contribution in [2.45, 2.75) is 49.1 Å². The molecular weight excluding hydrogens is 729 g/mol. The summed E-state index contributed by atoms with van der Waals surface area (Å²) in [4.78, 5) is 63.1. The van der Waals surface area contributed by atoms with Gasteiger partial charge in [0, 0.05) is 37.2 Å². The molecule has 0 amide bonds. The van der Waals surface area contributed by atoms with Gasteiger partial charge in [0.1, 0.15) is 47.9 Å². The highest BCUT2D eigenvalue weighted by Crippen LogP contribution is 2.67. The van der Waals surface area contributed by atoms with Crippen LogP contribution in [0, 0.1) is 0 Å². The van der Waals surface area contributed by atoms with E-state index < -0.39 is 97.1 Å². The minimum Gasteiger partial charge on any atom is -0.387 e. The highest BCUT2D eigenvalue weighted by Gasteiger charge is 2.49. The fourth-order valence-corrected chi connectivity index (χ4v) is 8.63. The molecule has 0 spiro atoms. The number of phosphoric ester groups is 2. The van der Waals surface area contributed by atoms with Crippen LogP contribution < -0.4 is 11.4 Å². The summed E-state index contributed by atoms with van der Waals surface area (Å²) in [5, 5.41) is 41.6. The molecule has 6 heterocycles. The van der Waals surface area contributed by atoms with E-state index in [4.69, 9.17) is 9.47 Å². The Balaban J connectivity index is 1.03. The lowest BCUT2D eigenvalue weighted by Gasteiger charge is -2.21. The van der Waals surface area contributed by atoms with E-state index in [0.717, 1.165) is 17.9 Å². The molecule has 7 N–H and O–H groups in total. The van der Waals surface area contributed by atoms with Crippen molar-refractivity contribution in [2.75, 3.05) is 13.2 Å². The summed E-state index contributed by atoms with van der Waals surface area (Å²) in [6.07, 6.45) is -5.57. The lowest BCUT2D eigenvalue weighted by molar-refractivity contribution is -0.0549. The lowest BCUT2D eigenvalue weighted by Crippen LogP contribution is -2.36. The number of phosphoric acid groups is 3. The van der Waals surface area contributed by atoms with Crippen molar-refractivity contribution in [3.05, 3.63) is 70.3 Å². The Hall–Kier alpha value is -2.99. The molecule has 2 fully saturated rings. The first kappa shape index (κ1) is 35.8. The van der Waals surface area contributed by atoms with Crippen LogP contribution in [-0.2, 0) is 40.8 Å². The molecule has 0 bridgehead atoms. The van der Waals surface area contributed by atoms with Crippen molar-refractivity contribution in [3.63, 3.8) is 0 Å². The van der Waals surface area contributed by atoms with Gasteiger partial charge in [-0.3, -0.25) is 27.0 Å². The Kier molecular flexibility index (Phi) is 9.71. The van der Waals surface area contributed by atoms with Crippen molar-refractivity contribution in [1.82, 2.24) is 27.9 Å². The minimum absolute atomic E-state index is 0.274. The van der Waals surface area contributed by atoms with Crippen molar-refractivity contribution >= 4 is 34.8 Å². The zero-order chi connectivity index (χ0) is 35.5. The summed E-state index contributed by atoms with van der Waals surface area (Å²) in [5.74, 6) is 0. The first-order valence-corrected chi connectivity index (χ1v) is 18.3. The maximum absolute atomic E-state index is 12.7. The molecule has 4 aromatic heterocycles. The third-order valence-corrected chi connectivity index (χ3v) is 11.7. The molecule has 6 rings (SSSR count). The third-order valence-electron chi connectivity index (χ3n) is 7.40. The van der Waals surface area contributed by atoms with Crippen LogP contribution in [0.3, 0.4) is 0 Å². The molecule has 2 aliphatic rings. The van der Waals surface area contributed by atoms with Gasteiger partial charge in [-0.25, -0.2) is 33.3 Å². The zero-order valence-electron chi connectivity index (χ0n) is 24.3. The summed E-state index contributed by atoms with van der Waals surface area (Å²) in [7, 11) is -17.3. The number of aromatic nitrogens is 6. The maximum atomic E-state index is 12.7. The van der Waals surface area contributed by atoms with Crippen LogP contribution in [0.2, 0.25) is 0 Å². The van der Waals surface area contributed by atoms with Gasteiger partial charge >= 0.3 is 34.8 Å². The zero-order valence-corrected chi connectivity index (χ0v) is 27.0. The molecule has 0 saturated carbocycles. The number of hydrogen-bond donors (Lipinski definition) is 7. The second-order valence-electron chi connectivity index (χ2n) is 10.6. The van der Waals surface area contributed by atoms with E-state index in [2.05, 4.69) is 27.6 Å². The van der Waals surface area contributed by atoms with E-state index in [1.165, 1.54) is 49.3 Å². The number of aliphatic hydroxyl groups excluding tert-OH is 4. The van der Waals surface area contributed by atoms with Crippen molar-refractivity contribution in [2.24, 2.45) is 0 Å². The lowest BCUT2D eigenvalue weighted by atomic mass is 10.1. The SMILES string of the molecule is O=c1n([C@@H]2O[C@H](COP(=O)(O)OP(=O)(O)OP(=O)(O)OC[C@H]3O[C@@H](n4ccc5nccn5c4=O)[C@H](O)[C@@H]3O)[C@@H](O)[C@H]2O)ccc2nccn12. The normalized spacial score (nSPS) is 31.2. The Morgan fingerprint density at radius 3 is 1.41 bits per heavy atom. The van der Waals surface area contributed by atoms with E-state index in [1.54, 1.807) is 0 Å². The molecular formula is C22H27N6O18P3. The standard InChI is InChI=1S/C22H27N6O18P3/c29-15-11(43-19(17(15)31)27-5-1-13-23-3-7-25(13)21(27)33)9-41-47(35,36)45-49(39,40)46-48(37,38)42-10-12-16(30)18(32)20(44-12)28-6-2-14-24-4-8-26(14)22(28)34/h1-8,11-12,15-20,29-32H,9-10H2,(H,35,36)(H,37,38)(H,39,40)/t11-,12-,15-,16-,17-,18-,19-,20-/m1/s1. The van der Waals surface area contributed by atoms with Crippen molar-refractivity contribution in [1.29, 1.82) is 0 Å². The number of ether oxygens (including phenoxy) is 2. The number of hydrogen-bond acceptors (Lipinski definition) is 17. The van der Waals surface area contributed by atoms with Gasteiger partial charge < -0.3 is 44.6 Å². The van der Waals surface area contributed by atoms with Crippen LogP contribution in [0.15, 0.2) is 58.9 Å². The first-order valence-electron chi connectivity index (χ1n) is 13.8. The molecule has 27 heteroatoms. The fraction of sp³-hybridized carbons (Fsp3) is 0.455. The smallest absolute Gasteiger partial charge is 0.387 e. The summed E-state index contributed by atoms with van der Waals surface area (Å²) in [6.45, 7) is -2.15. The number of aliphatic hydroxyl groups is 4. The molecule has 49 heavy (non-hydrogen) atoms. The summed E-state index contributed by atoms with van der Waals surface area (Å²) in [5.41, 5.74) is -0.886. The van der Waals surface area contributed by atoms with Crippen LogP contribution in [0.4, 0.5) is 0 Å². The number of nitrogens with zero attached hydrogens (tertiary/aromatic N) is 6.